The zero-order valence-electron chi connectivity index (χ0n) is 6.57. The van der Waals surface area contributed by atoms with Gasteiger partial charge in [0.05, 0.1) is 0 Å². The summed E-state index contributed by atoms with van der Waals surface area (Å²) in [6.07, 6.45) is 0. The molecule has 0 aliphatic heterocycles. The summed E-state index contributed by atoms with van der Waals surface area (Å²) in [6.45, 7) is 5.23. The second-order valence-electron chi connectivity index (χ2n) is 3.15. The van der Waals surface area contributed by atoms with Gasteiger partial charge in [0, 0.05) is 0 Å². The molecule has 0 aromatic carbocycles. The van der Waals surface area contributed by atoms with E-state index in [4.69, 9.17) is 14.7 Å². The summed E-state index contributed by atoms with van der Waals surface area (Å²) in [6, 6.07) is 0. The fourth-order valence-electron chi connectivity index (χ4n) is 0.396. The van der Waals surface area contributed by atoms with Gasteiger partial charge in [-0.15, -0.1) is 0 Å². The van der Waals surface area contributed by atoms with Crippen molar-refractivity contribution in [1.29, 1.82) is 0 Å². The van der Waals surface area contributed by atoms with E-state index in [-0.39, 0.29) is 5.92 Å². The van der Waals surface area contributed by atoms with E-state index in [1.807, 2.05) is 13.8 Å². The van der Waals surface area contributed by atoms with Gasteiger partial charge in [-0.3, -0.25) is 0 Å². The Morgan fingerprint density at radius 3 is 1.80 bits per heavy atom. The molecule has 0 saturated heterocycles. The van der Waals surface area contributed by atoms with Crippen LogP contribution in [0.5, 0.6) is 0 Å². The molecule has 0 unspecified atom stereocenters. The number of hydrogen-bond acceptors (Lipinski definition) is 4. The molecule has 0 fully saturated rings. The average molecular weight is 169 g/mol. The van der Waals surface area contributed by atoms with E-state index >= 15 is 0 Å². The molecule has 0 saturated carbocycles. The summed E-state index contributed by atoms with van der Waals surface area (Å²) in [4.78, 5) is 26.6. The summed E-state index contributed by atoms with van der Waals surface area (Å²) >= 11 is 0. The number of rotatable bonds is 3. The van der Waals surface area contributed by atoms with Gasteiger partial charge < -0.3 is 0 Å². The number of nitrogens with one attached hydrogen (secondary N) is 1. The average Bonchev–Trinajstić information content (AvgIpc) is 1.57. The van der Waals surface area contributed by atoms with Crippen LogP contribution in [0.25, 0.3) is 0 Å². The Hall–Kier alpha value is 0.270. The zero-order chi connectivity index (χ0) is 8.44. The summed E-state index contributed by atoms with van der Waals surface area (Å²) < 4.78 is 0. The van der Waals surface area contributed by atoms with Crippen LogP contribution >= 0.6 is 7.43 Å². The quantitative estimate of drug-likeness (QED) is 0.450. The number of hydrogen-bond donors (Lipinski definition) is 4. The van der Waals surface area contributed by atoms with Crippen LogP contribution < -0.4 is 5.09 Å². The van der Waals surface area contributed by atoms with Crippen molar-refractivity contribution in [3.05, 3.63) is 0 Å². The first-order chi connectivity index (χ1) is 4.17. The maximum absolute atomic E-state index is 8.86. The van der Waals surface area contributed by atoms with Gasteiger partial charge in [0.1, 0.15) is 0 Å². The predicted octanol–water partition coefficient (Wildman–Crippen LogP) is 0.0520. The van der Waals surface area contributed by atoms with Gasteiger partial charge in [-0.05, 0) is 0 Å². The first-order valence-electron chi connectivity index (χ1n) is 3.19. The molecule has 0 bridgehead atoms. The van der Waals surface area contributed by atoms with E-state index in [0.717, 1.165) is 6.66 Å². The van der Waals surface area contributed by atoms with Crippen molar-refractivity contribution >= 4 is 7.43 Å². The summed E-state index contributed by atoms with van der Waals surface area (Å²) in [5, 5.41) is 2.29. The molecule has 4 nitrogen and oxygen atoms in total. The second kappa shape index (κ2) is 2.72. The van der Waals surface area contributed by atoms with Crippen LogP contribution in [0.2, 0.25) is 0 Å². The fraction of sp³-hybridized carbons (Fsp3) is 1.00. The topological polar surface area (TPSA) is 72.7 Å². The van der Waals surface area contributed by atoms with E-state index in [2.05, 4.69) is 5.09 Å². The van der Waals surface area contributed by atoms with Gasteiger partial charge in [0.15, 0.2) is 0 Å². The molecule has 0 aromatic rings. The van der Waals surface area contributed by atoms with Crippen LogP contribution in [0.3, 0.4) is 0 Å². The first kappa shape index (κ1) is 10.3. The molecule has 0 atom stereocenters. The molecule has 0 spiro atoms. The Labute approximate surface area is 61.1 Å². The monoisotopic (exact) mass is 169 g/mol. The molecule has 0 rings (SSSR count). The van der Waals surface area contributed by atoms with E-state index in [9.17, 15) is 0 Å². The molecule has 0 heterocycles. The molecular weight excluding hydrogens is 153 g/mol. The summed E-state index contributed by atoms with van der Waals surface area (Å²) in [7, 11) is -4.42. The minimum atomic E-state index is -4.42. The molecule has 64 valence electrons. The van der Waals surface area contributed by atoms with Crippen molar-refractivity contribution in [3.63, 3.8) is 0 Å². The molecule has 10 heavy (non-hydrogen) atoms. The standard InChI is InChI=1S/C5H16NO3P/c1-5(2)4-6-10(3,7,8)9/h5-9H,4H2,1-3H3. The SMILES string of the molecule is CC(C)CNP(C)(O)(O)O. The molecule has 4 N–H and O–H groups in total. The van der Waals surface area contributed by atoms with E-state index < -0.39 is 7.43 Å². The summed E-state index contributed by atoms with van der Waals surface area (Å²) in [5.74, 6) is 0.285. The van der Waals surface area contributed by atoms with Gasteiger partial charge in [-0.2, -0.15) is 0 Å². The fourth-order valence-corrected chi connectivity index (χ4v) is 1.19. The van der Waals surface area contributed by atoms with Crippen molar-refractivity contribution in [2.75, 3.05) is 13.2 Å². The molecular formula is C5H16NO3P. The zero-order valence-corrected chi connectivity index (χ0v) is 7.47. The Morgan fingerprint density at radius 2 is 1.70 bits per heavy atom. The normalized spacial score (nSPS) is 16.9. The van der Waals surface area contributed by atoms with Gasteiger partial charge in [0.25, 0.3) is 0 Å². The maximum atomic E-state index is 8.86. The third kappa shape index (κ3) is 8.27. The first-order valence-corrected chi connectivity index (χ1v) is 5.73. The Balaban J connectivity index is 3.70. The van der Waals surface area contributed by atoms with Crippen molar-refractivity contribution in [2.45, 2.75) is 13.8 Å². The molecule has 0 radical (unpaired) electrons. The van der Waals surface area contributed by atoms with Crippen molar-refractivity contribution in [1.82, 2.24) is 5.09 Å². The van der Waals surface area contributed by atoms with Crippen LogP contribution in [0.4, 0.5) is 0 Å². The summed E-state index contributed by atoms with van der Waals surface area (Å²) in [5.41, 5.74) is 0. The van der Waals surface area contributed by atoms with Crippen LogP contribution in [0.15, 0.2) is 0 Å². The third-order valence-corrected chi connectivity index (χ3v) is 1.79. The molecule has 0 aliphatic carbocycles. The molecule has 5 heteroatoms. The van der Waals surface area contributed by atoms with Crippen LogP contribution in [-0.4, -0.2) is 27.9 Å². The molecule has 0 amide bonds. The predicted molar refractivity (Wildman–Crippen MR) is 42.3 cm³/mol. The van der Waals surface area contributed by atoms with Crippen LogP contribution in [0, 0.1) is 5.92 Å². The van der Waals surface area contributed by atoms with E-state index in [1.165, 1.54) is 0 Å². The second-order valence-corrected chi connectivity index (χ2v) is 6.25. The van der Waals surface area contributed by atoms with Gasteiger partial charge >= 0.3 is 60.2 Å². The molecule has 0 aromatic heterocycles. The van der Waals surface area contributed by atoms with Crippen molar-refractivity contribution in [2.24, 2.45) is 5.92 Å². The van der Waals surface area contributed by atoms with Crippen LogP contribution in [-0.2, 0) is 0 Å². The Bertz CT molecular complexity index is 109. The Morgan fingerprint density at radius 1 is 1.30 bits per heavy atom. The van der Waals surface area contributed by atoms with Crippen LogP contribution in [0.1, 0.15) is 13.8 Å². The van der Waals surface area contributed by atoms with Crippen molar-refractivity contribution in [3.8, 4) is 0 Å². The van der Waals surface area contributed by atoms with Crippen molar-refractivity contribution < 1.29 is 14.7 Å². The van der Waals surface area contributed by atoms with E-state index in [1.54, 1.807) is 0 Å². The van der Waals surface area contributed by atoms with Gasteiger partial charge in [-0.1, -0.05) is 0 Å². The Kier molecular flexibility index (Phi) is 2.79. The third-order valence-electron chi connectivity index (χ3n) is 0.870. The van der Waals surface area contributed by atoms with E-state index in [0.29, 0.717) is 6.54 Å². The molecule has 0 aliphatic rings. The minimum absolute atomic E-state index is 0.285. The van der Waals surface area contributed by atoms with Gasteiger partial charge in [0.2, 0.25) is 0 Å². The van der Waals surface area contributed by atoms with Gasteiger partial charge in [-0.25, -0.2) is 0 Å².